The van der Waals surface area contributed by atoms with Gasteiger partial charge in [-0.2, -0.15) is 0 Å². The fourth-order valence-corrected chi connectivity index (χ4v) is 2.54. The van der Waals surface area contributed by atoms with E-state index in [4.69, 9.17) is 9.15 Å². The van der Waals surface area contributed by atoms with E-state index in [-0.39, 0.29) is 18.1 Å². The highest BCUT2D eigenvalue weighted by atomic mass is 19.1. The van der Waals surface area contributed by atoms with Crippen LogP contribution in [-0.4, -0.2) is 26.1 Å². The quantitative estimate of drug-likeness (QED) is 0.553. The lowest BCUT2D eigenvalue weighted by Gasteiger charge is -2.09. The lowest BCUT2D eigenvalue weighted by Crippen LogP contribution is -2.15. The molecule has 140 valence electrons. The normalized spacial score (nSPS) is 10.6. The Morgan fingerprint density at radius 3 is 2.82 bits per heavy atom. The second kappa shape index (κ2) is 7.70. The van der Waals surface area contributed by atoms with Gasteiger partial charge >= 0.3 is 0 Å². The van der Waals surface area contributed by atoms with Crippen LogP contribution in [0.15, 0.2) is 71.6 Å². The van der Waals surface area contributed by atoms with Crippen molar-refractivity contribution in [1.82, 2.24) is 20.2 Å². The topological polar surface area (TPSA) is 95.1 Å². The molecule has 0 atom stereocenters. The number of aromatic nitrogens is 4. The molecular weight excluding hydrogens is 365 g/mol. The Hall–Kier alpha value is -4.01. The van der Waals surface area contributed by atoms with E-state index in [0.29, 0.717) is 17.0 Å². The van der Waals surface area contributed by atoms with Crippen molar-refractivity contribution in [2.24, 2.45) is 0 Å². The summed E-state index contributed by atoms with van der Waals surface area (Å²) in [5, 5.41) is 13.3. The van der Waals surface area contributed by atoms with Crippen molar-refractivity contribution in [2.45, 2.75) is 6.61 Å². The first-order chi connectivity index (χ1) is 13.7. The molecule has 8 nitrogen and oxygen atoms in total. The molecule has 2 aromatic carbocycles. The number of nitrogens with one attached hydrogen (secondary N) is 1. The largest absolute Gasteiger partial charge is 0.489 e. The van der Waals surface area contributed by atoms with Gasteiger partial charge in [-0.1, -0.05) is 18.2 Å². The summed E-state index contributed by atoms with van der Waals surface area (Å²) < 4.78 is 26.4. The number of amides is 1. The van der Waals surface area contributed by atoms with E-state index in [1.165, 1.54) is 35.5 Å². The number of carbonyl (C=O) groups excluding carboxylic acids is 1. The molecule has 0 aliphatic heterocycles. The zero-order valence-electron chi connectivity index (χ0n) is 14.4. The fourth-order valence-electron chi connectivity index (χ4n) is 2.54. The van der Waals surface area contributed by atoms with Gasteiger partial charge in [0, 0.05) is 5.56 Å². The van der Waals surface area contributed by atoms with Crippen molar-refractivity contribution >= 4 is 11.6 Å². The number of anilines is 1. The van der Waals surface area contributed by atoms with Crippen LogP contribution >= 0.6 is 0 Å². The maximum absolute atomic E-state index is 14.2. The van der Waals surface area contributed by atoms with Gasteiger partial charge in [0.15, 0.2) is 5.76 Å². The van der Waals surface area contributed by atoms with Crippen molar-refractivity contribution in [1.29, 1.82) is 0 Å². The maximum Gasteiger partial charge on any atom is 0.291 e. The van der Waals surface area contributed by atoms with Crippen LogP contribution in [0, 0.1) is 5.82 Å². The van der Waals surface area contributed by atoms with E-state index in [2.05, 4.69) is 20.8 Å². The first-order valence-electron chi connectivity index (χ1n) is 8.29. The van der Waals surface area contributed by atoms with Crippen LogP contribution in [0.5, 0.6) is 5.75 Å². The molecule has 4 aromatic rings. The molecular formula is C19H14FN5O3. The zero-order chi connectivity index (χ0) is 19.3. The molecule has 0 fully saturated rings. The number of tetrazole rings is 1. The second-order valence-corrected chi connectivity index (χ2v) is 5.75. The van der Waals surface area contributed by atoms with E-state index in [1.807, 2.05) is 18.2 Å². The highest BCUT2D eigenvalue weighted by Gasteiger charge is 2.18. The SMILES string of the molecule is O=C(Nc1cc(-n2cnnn2)ccc1F)c1occc1COc1ccccc1. The number of hydrogen-bond acceptors (Lipinski definition) is 6. The van der Waals surface area contributed by atoms with Crippen LogP contribution in [0.25, 0.3) is 5.69 Å². The summed E-state index contributed by atoms with van der Waals surface area (Å²) in [6, 6.07) is 14.9. The predicted octanol–water partition coefficient (Wildman–Crippen LogP) is 3.23. The van der Waals surface area contributed by atoms with Crippen molar-refractivity contribution < 1.29 is 18.3 Å². The molecule has 1 amide bonds. The molecule has 0 aliphatic carbocycles. The van der Waals surface area contributed by atoms with Gasteiger partial charge in [0.05, 0.1) is 17.6 Å². The molecule has 0 spiro atoms. The summed E-state index contributed by atoms with van der Waals surface area (Å²) in [4.78, 5) is 12.6. The van der Waals surface area contributed by atoms with Crippen molar-refractivity contribution in [3.63, 3.8) is 0 Å². The number of nitrogens with zero attached hydrogens (tertiary/aromatic N) is 4. The Bertz CT molecular complexity index is 1080. The summed E-state index contributed by atoms with van der Waals surface area (Å²) in [6.45, 7) is 0.135. The molecule has 28 heavy (non-hydrogen) atoms. The summed E-state index contributed by atoms with van der Waals surface area (Å²) in [7, 11) is 0. The maximum atomic E-state index is 14.2. The number of rotatable bonds is 6. The Kier molecular flexibility index (Phi) is 4.79. The summed E-state index contributed by atoms with van der Waals surface area (Å²) in [5.74, 6) is -0.485. The molecule has 0 radical (unpaired) electrons. The number of benzene rings is 2. The number of para-hydroxylation sites is 1. The lowest BCUT2D eigenvalue weighted by atomic mass is 10.2. The Labute approximate surface area is 158 Å². The van der Waals surface area contributed by atoms with Gasteiger partial charge in [-0.3, -0.25) is 4.79 Å². The van der Waals surface area contributed by atoms with Crippen molar-refractivity contribution in [3.8, 4) is 11.4 Å². The van der Waals surface area contributed by atoms with Gasteiger partial charge in [0.25, 0.3) is 5.91 Å². The van der Waals surface area contributed by atoms with Crippen LogP contribution in [0.2, 0.25) is 0 Å². The van der Waals surface area contributed by atoms with Crippen LogP contribution in [0.3, 0.4) is 0 Å². The third kappa shape index (κ3) is 3.73. The minimum Gasteiger partial charge on any atom is -0.489 e. The van der Waals surface area contributed by atoms with Crippen LogP contribution in [0.4, 0.5) is 10.1 Å². The average molecular weight is 379 g/mol. The molecule has 0 aliphatic rings. The van der Waals surface area contributed by atoms with E-state index in [0.717, 1.165) is 0 Å². The second-order valence-electron chi connectivity index (χ2n) is 5.75. The average Bonchev–Trinajstić information content (AvgIpc) is 3.41. The van der Waals surface area contributed by atoms with Gasteiger partial charge in [0.1, 0.15) is 24.5 Å². The molecule has 9 heteroatoms. The lowest BCUT2D eigenvalue weighted by molar-refractivity contribution is 0.0993. The summed E-state index contributed by atoms with van der Waals surface area (Å²) in [5.41, 5.74) is 1.01. The monoisotopic (exact) mass is 379 g/mol. The van der Waals surface area contributed by atoms with E-state index >= 15 is 0 Å². The molecule has 0 bridgehead atoms. The highest BCUT2D eigenvalue weighted by Crippen LogP contribution is 2.21. The number of carbonyl (C=O) groups is 1. The van der Waals surface area contributed by atoms with Gasteiger partial charge in [-0.15, -0.1) is 5.10 Å². The third-order valence-electron chi connectivity index (χ3n) is 3.90. The van der Waals surface area contributed by atoms with E-state index in [9.17, 15) is 9.18 Å². The van der Waals surface area contributed by atoms with Crippen molar-refractivity contribution in [3.05, 3.63) is 84.3 Å². The first-order valence-corrected chi connectivity index (χ1v) is 8.29. The van der Waals surface area contributed by atoms with E-state index in [1.54, 1.807) is 18.2 Å². The fraction of sp³-hybridized carbons (Fsp3) is 0.0526. The Balaban J connectivity index is 1.50. The Morgan fingerprint density at radius 2 is 2.04 bits per heavy atom. The number of hydrogen-bond donors (Lipinski definition) is 1. The predicted molar refractivity (Wildman–Crippen MR) is 96.5 cm³/mol. The third-order valence-corrected chi connectivity index (χ3v) is 3.90. The van der Waals surface area contributed by atoms with Crippen LogP contribution < -0.4 is 10.1 Å². The molecule has 0 saturated heterocycles. The van der Waals surface area contributed by atoms with Crippen LogP contribution in [0.1, 0.15) is 16.1 Å². The summed E-state index contributed by atoms with van der Waals surface area (Å²) in [6.07, 6.45) is 2.75. The first kappa shape index (κ1) is 17.4. The number of furan rings is 1. The molecule has 0 unspecified atom stereocenters. The molecule has 2 heterocycles. The number of ether oxygens (including phenoxy) is 1. The molecule has 1 N–H and O–H groups in total. The zero-order valence-corrected chi connectivity index (χ0v) is 14.4. The van der Waals surface area contributed by atoms with Crippen LogP contribution in [-0.2, 0) is 6.61 Å². The Morgan fingerprint density at radius 1 is 1.18 bits per heavy atom. The van der Waals surface area contributed by atoms with E-state index < -0.39 is 11.7 Å². The minimum atomic E-state index is -0.598. The molecule has 2 aromatic heterocycles. The highest BCUT2D eigenvalue weighted by molar-refractivity contribution is 6.03. The number of halogens is 1. The van der Waals surface area contributed by atoms with Gasteiger partial charge in [-0.25, -0.2) is 9.07 Å². The molecule has 0 saturated carbocycles. The standard InChI is InChI=1S/C19H14FN5O3/c20-16-7-6-14(25-12-21-23-24-25)10-17(16)22-19(26)18-13(8-9-27-18)11-28-15-4-2-1-3-5-15/h1-10,12H,11H2,(H,22,26). The summed E-state index contributed by atoms with van der Waals surface area (Å²) >= 11 is 0. The smallest absolute Gasteiger partial charge is 0.291 e. The van der Waals surface area contributed by atoms with Crippen molar-refractivity contribution in [2.75, 3.05) is 5.32 Å². The molecule has 4 rings (SSSR count). The van der Waals surface area contributed by atoms with Gasteiger partial charge < -0.3 is 14.5 Å². The minimum absolute atomic E-state index is 0.0238. The van der Waals surface area contributed by atoms with Gasteiger partial charge in [-0.05, 0) is 46.8 Å². The van der Waals surface area contributed by atoms with Gasteiger partial charge in [0.2, 0.25) is 0 Å².